The van der Waals surface area contributed by atoms with E-state index in [2.05, 4.69) is 45.2 Å². The minimum Gasteiger partial charge on any atom is -0.339 e. The van der Waals surface area contributed by atoms with Gasteiger partial charge in [0, 0.05) is 22.5 Å². The number of benzene rings is 1. The van der Waals surface area contributed by atoms with Crippen LogP contribution >= 0.6 is 27.5 Å². The number of hydrogen-bond donors (Lipinski definition) is 1. The molecule has 6 heteroatoms. The SMILES string of the molecule is CCCNC(C)Cc1nc(-c2ccc(Cl)c(Br)c2)no1. The van der Waals surface area contributed by atoms with Crippen molar-refractivity contribution in [2.45, 2.75) is 32.7 Å². The quantitative estimate of drug-likeness (QED) is 0.845. The van der Waals surface area contributed by atoms with Gasteiger partial charge in [0.2, 0.25) is 11.7 Å². The van der Waals surface area contributed by atoms with Crippen LogP contribution < -0.4 is 5.32 Å². The molecule has 0 saturated carbocycles. The number of rotatable bonds is 6. The van der Waals surface area contributed by atoms with Crippen molar-refractivity contribution < 1.29 is 4.52 Å². The first kappa shape index (κ1) is 15.5. The number of nitrogens with one attached hydrogen (secondary N) is 1. The topological polar surface area (TPSA) is 51.0 Å². The fourth-order valence-electron chi connectivity index (χ4n) is 1.82. The number of hydrogen-bond acceptors (Lipinski definition) is 4. The van der Waals surface area contributed by atoms with E-state index in [0.29, 0.717) is 22.8 Å². The molecule has 0 aliphatic carbocycles. The fourth-order valence-corrected chi connectivity index (χ4v) is 2.31. The van der Waals surface area contributed by atoms with Crippen LogP contribution in [0.4, 0.5) is 0 Å². The van der Waals surface area contributed by atoms with Crippen molar-refractivity contribution in [3.63, 3.8) is 0 Å². The maximum Gasteiger partial charge on any atom is 0.228 e. The Morgan fingerprint density at radius 2 is 2.25 bits per heavy atom. The molecular formula is C14H17BrClN3O. The summed E-state index contributed by atoms with van der Waals surface area (Å²) < 4.78 is 6.11. The van der Waals surface area contributed by atoms with Gasteiger partial charge in [-0.15, -0.1) is 0 Å². The maximum atomic E-state index is 5.97. The van der Waals surface area contributed by atoms with Crippen LogP contribution in [0.2, 0.25) is 5.02 Å². The van der Waals surface area contributed by atoms with Gasteiger partial charge >= 0.3 is 0 Å². The minimum atomic E-state index is 0.320. The van der Waals surface area contributed by atoms with Gasteiger partial charge in [0.25, 0.3) is 0 Å². The first-order chi connectivity index (χ1) is 9.60. The average Bonchev–Trinajstić information content (AvgIpc) is 2.88. The Balaban J connectivity index is 2.06. The molecule has 1 aromatic carbocycles. The lowest BCUT2D eigenvalue weighted by atomic mass is 10.2. The molecule has 2 rings (SSSR count). The Morgan fingerprint density at radius 3 is 2.95 bits per heavy atom. The molecule has 0 bridgehead atoms. The molecule has 1 aromatic heterocycles. The highest BCUT2D eigenvalue weighted by Crippen LogP contribution is 2.27. The molecule has 0 amide bonds. The van der Waals surface area contributed by atoms with Crippen LogP contribution in [0.25, 0.3) is 11.4 Å². The highest BCUT2D eigenvalue weighted by molar-refractivity contribution is 9.10. The molecule has 0 saturated heterocycles. The first-order valence-electron chi connectivity index (χ1n) is 6.61. The highest BCUT2D eigenvalue weighted by atomic mass is 79.9. The molecule has 1 N–H and O–H groups in total. The van der Waals surface area contributed by atoms with Crippen molar-refractivity contribution >= 4 is 27.5 Å². The summed E-state index contributed by atoms with van der Waals surface area (Å²) >= 11 is 9.36. The Hall–Kier alpha value is -0.910. The van der Waals surface area contributed by atoms with Crippen molar-refractivity contribution in [3.8, 4) is 11.4 Å². The predicted octanol–water partition coefficient (Wildman–Crippen LogP) is 4.08. The van der Waals surface area contributed by atoms with Gasteiger partial charge in [-0.1, -0.05) is 23.7 Å². The lowest BCUT2D eigenvalue weighted by Gasteiger charge is -2.09. The van der Waals surface area contributed by atoms with E-state index in [0.717, 1.165) is 29.4 Å². The third kappa shape index (κ3) is 4.04. The van der Waals surface area contributed by atoms with Gasteiger partial charge in [-0.3, -0.25) is 0 Å². The summed E-state index contributed by atoms with van der Waals surface area (Å²) in [5, 5.41) is 8.07. The monoisotopic (exact) mass is 357 g/mol. The van der Waals surface area contributed by atoms with Gasteiger partial charge in [-0.25, -0.2) is 0 Å². The summed E-state index contributed by atoms with van der Waals surface area (Å²) in [4.78, 5) is 4.42. The Labute approximate surface area is 132 Å². The van der Waals surface area contributed by atoms with E-state index in [1.54, 1.807) is 0 Å². The molecule has 1 heterocycles. The van der Waals surface area contributed by atoms with Gasteiger partial charge in [-0.05, 0) is 54.0 Å². The van der Waals surface area contributed by atoms with Crippen LogP contribution in [-0.4, -0.2) is 22.7 Å². The molecule has 0 radical (unpaired) electrons. The molecule has 0 spiro atoms. The molecule has 2 aromatic rings. The smallest absolute Gasteiger partial charge is 0.228 e. The van der Waals surface area contributed by atoms with Gasteiger partial charge < -0.3 is 9.84 Å². The molecular weight excluding hydrogens is 342 g/mol. The van der Waals surface area contributed by atoms with E-state index in [-0.39, 0.29) is 0 Å². The van der Waals surface area contributed by atoms with E-state index in [1.165, 1.54) is 0 Å². The van der Waals surface area contributed by atoms with Crippen LogP contribution in [0.3, 0.4) is 0 Å². The Kier molecular flexibility index (Phi) is 5.57. The molecule has 108 valence electrons. The Bertz CT molecular complexity index is 573. The van der Waals surface area contributed by atoms with Gasteiger partial charge in [0.15, 0.2) is 0 Å². The van der Waals surface area contributed by atoms with E-state index in [9.17, 15) is 0 Å². The number of aromatic nitrogens is 2. The van der Waals surface area contributed by atoms with Crippen molar-refractivity contribution in [2.75, 3.05) is 6.54 Å². The lowest BCUT2D eigenvalue weighted by Crippen LogP contribution is -2.28. The molecule has 0 aliphatic rings. The third-order valence-electron chi connectivity index (χ3n) is 2.87. The summed E-state index contributed by atoms with van der Waals surface area (Å²) in [6, 6.07) is 5.89. The fraction of sp³-hybridized carbons (Fsp3) is 0.429. The van der Waals surface area contributed by atoms with Gasteiger partial charge in [-0.2, -0.15) is 4.98 Å². The van der Waals surface area contributed by atoms with Crippen molar-refractivity contribution in [1.29, 1.82) is 0 Å². The van der Waals surface area contributed by atoms with E-state index < -0.39 is 0 Å². The number of halogens is 2. The normalized spacial score (nSPS) is 12.6. The van der Waals surface area contributed by atoms with E-state index in [1.807, 2.05) is 18.2 Å². The van der Waals surface area contributed by atoms with Crippen LogP contribution in [0.15, 0.2) is 27.2 Å². The van der Waals surface area contributed by atoms with E-state index >= 15 is 0 Å². The average molecular weight is 359 g/mol. The molecule has 20 heavy (non-hydrogen) atoms. The van der Waals surface area contributed by atoms with Crippen LogP contribution in [0.1, 0.15) is 26.2 Å². The second-order valence-corrected chi connectivity index (χ2v) is 5.96. The zero-order valence-electron chi connectivity index (χ0n) is 11.5. The van der Waals surface area contributed by atoms with E-state index in [4.69, 9.17) is 16.1 Å². The zero-order valence-corrected chi connectivity index (χ0v) is 13.8. The third-order valence-corrected chi connectivity index (χ3v) is 4.08. The second-order valence-electron chi connectivity index (χ2n) is 4.70. The first-order valence-corrected chi connectivity index (χ1v) is 7.78. The summed E-state index contributed by atoms with van der Waals surface area (Å²) in [7, 11) is 0. The maximum absolute atomic E-state index is 5.97. The summed E-state index contributed by atoms with van der Waals surface area (Å²) in [5.74, 6) is 1.22. The largest absolute Gasteiger partial charge is 0.339 e. The molecule has 1 atom stereocenters. The number of nitrogens with zero attached hydrogens (tertiary/aromatic N) is 2. The minimum absolute atomic E-state index is 0.320. The van der Waals surface area contributed by atoms with Gasteiger partial charge in [0.05, 0.1) is 5.02 Å². The van der Waals surface area contributed by atoms with Crippen LogP contribution in [0, 0.1) is 0 Å². The van der Waals surface area contributed by atoms with Crippen molar-refractivity contribution in [1.82, 2.24) is 15.5 Å². The highest BCUT2D eigenvalue weighted by Gasteiger charge is 2.12. The predicted molar refractivity (Wildman–Crippen MR) is 83.9 cm³/mol. The van der Waals surface area contributed by atoms with Crippen molar-refractivity contribution in [3.05, 3.63) is 33.6 Å². The summed E-state index contributed by atoms with van der Waals surface area (Å²) in [6.45, 7) is 5.24. The molecule has 0 fully saturated rings. The van der Waals surface area contributed by atoms with Crippen LogP contribution in [0.5, 0.6) is 0 Å². The standard InChI is InChI=1S/C14H17BrClN3O/c1-3-6-17-9(2)7-13-18-14(19-20-13)10-4-5-12(16)11(15)8-10/h4-5,8-9,17H,3,6-7H2,1-2H3. The molecule has 1 unspecified atom stereocenters. The molecule has 0 aliphatic heterocycles. The lowest BCUT2D eigenvalue weighted by molar-refractivity contribution is 0.362. The van der Waals surface area contributed by atoms with Gasteiger partial charge in [0.1, 0.15) is 0 Å². The zero-order chi connectivity index (χ0) is 14.5. The van der Waals surface area contributed by atoms with Crippen molar-refractivity contribution in [2.24, 2.45) is 0 Å². The molecule has 4 nitrogen and oxygen atoms in total. The summed E-state index contributed by atoms with van der Waals surface area (Å²) in [5.41, 5.74) is 0.880. The van der Waals surface area contributed by atoms with Crippen LogP contribution in [-0.2, 0) is 6.42 Å². The summed E-state index contributed by atoms with van der Waals surface area (Å²) in [6.07, 6.45) is 1.83. The Morgan fingerprint density at radius 1 is 1.45 bits per heavy atom. The second kappa shape index (κ2) is 7.20.